The van der Waals surface area contributed by atoms with Gasteiger partial charge in [-0.3, -0.25) is 14.6 Å². The molecule has 5 heteroatoms. The molecule has 0 aliphatic carbocycles. The summed E-state index contributed by atoms with van der Waals surface area (Å²) >= 11 is 0. The Morgan fingerprint density at radius 1 is 1.47 bits per heavy atom. The molecular formula is C12H15N3O2. The molecule has 1 N–H and O–H groups in total. The van der Waals surface area contributed by atoms with Crippen LogP contribution in [0.25, 0.3) is 0 Å². The van der Waals surface area contributed by atoms with Crippen molar-refractivity contribution in [3.05, 3.63) is 29.6 Å². The molecule has 1 saturated heterocycles. The average Bonchev–Trinajstić information content (AvgIpc) is 2.25. The number of carbonyl (C=O) groups excluding carboxylic acids is 2. The van der Waals surface area contributed by atoms with E-state index in [0.717, 1.165) is 11.1 Å². The highest BCUT2D eigenvalue weighted by molar-refractivity contribution is 5.94. The molecule has 1 atom stereocenters. The molecule has 0 saturated carbocycles. The highest BCUT2D eigenvalue weighted by atomic mass is 16.2. The molecule has 1 aromatic rings. The molecular weight excluding hydrogens is 218 g/mol. The highest BCUT2D eigenvalue weighted by Gasteiger charge is 2.29. The summed E-state index contributed by atoms with van der Waals surface area (Å²) in [5.74, 6) is -0.163. The molecule has 1 unspecified atom stereocenters. The van der Waals surface area contributed by atoms with Crippen LogP contribution >= 0.6 is 0 Å². The minimum Gasteiger partial charge on any atom is -0.343 e. The second-order valence-electron chi connectivity index (χ2n) is 4.35. The number of piperazine rings is 1. The monoisotopic (exact) mass is 233 g/mol. The van der Waals surface area contributed by atoms with Crippen LogP contribution in [0.15, 0.2) is 18.5 Å². The zero-order chi connectivity index (χ0) is 12.4. The molecule has 5 nitrogen and oxygen atoms in total. The lowest BCUT2D eigenvalue weighted by molar-refractivity contribution is -0.144. The van der Waals surface area contributed by atoms with Crippen LogP contribution in [0.1, 0.15) is 18.1 Å². The van der Waals surface area contributed by atoms with E-state index in [9.17, 15) is 9.59 Å². The van der Waals surface area contributed by atoms with Gasteiger partial charge in [-0.05, 0) is 25.0 Å². The van der Waals surface area contributed by atoms with Gasteiger partial charge in [-0.25, -0.2) is 0 Å². The smallest absolute Gasteiger partial charge is 0.245 e. The van der Waals surface area contributed by atoms with E-state index in [0.29, 0.717) is 6.54 Å². The fourth-order valence-corrected chi connectivity index (χ4v) is 1.93. The van der Waals surface area contributed by atoms with Crippen molar-refractivity contribution in [2.24, 2.45) is 0 Å². The van der Waals surface area contributed by atoms with E-state index in [4.69, 9.17) is 0 Å². The summed E-state index contributed by atoms with van der Waals surface area (Å²) in [6.45, 7) is 4.20. The number of hydrogen-bond donors (Lipinski definition) is 1. The fourth-order valence-electron chi connectivity index (χ4n) is 1.93. The normalized spacial score (nSPS) is 20.4. The van der Waals surface area contributed by atoms with Crippen molar-refractivity contribution >= 4 is 11.8 Å². The molecule has 0 spiro atoms. The lowest BCUT2D eigenvalue weighted by Gasteiger charge is -2.30. The zero-order valence-electron chi connectivity index (χ0n) is 9.93. The second kappa shape index (κ2) is 4.53. The van der Waals surface area contributed by atoms with Crippen molar-refractivity contribution < 1.29 is 9.59 Å². The first-order valence-electron chi connectivity index (χ1n) is 5.55. The lowest BCUT2D eigenvalue weighted by Crippen LogP contribution is -2.56. The molecule has 1 aliphatic rings. The largest absolute Gasteiger partial charge is 0.343 e. The van der Waals surface area contributed by atoms with Gasteiger partial charge >= 0.3 is 0 Å². The van der Waals surface area contributed by atoms with Crippen molar-refractivity contribution in [3.63, 3.8) is 0 Å². The molecule has 0 aromatic carbocycles. The van der Waals surface area contributed by atoms with Crippen LogP contribution in [0, 0.1) is 6.92 Å². The maximum Gasteiger partial charge on any atom is 0.245 e. The van der Waals surface area contributed by atoms with Crippen molar-refractivity contribution in [1.29, 1.82) is 0 Å². The van der Waals surface area contributed by atoms with Gasteiger partial charge in [0.2, 0.25) is 11.8 Å². The maximum atomic E-state index is 11.9. The summed E-state index contributed by atoms with van der Waals surface area (Å²) in [7, 11) is 0. The summed E-state index contributed by atoms with van der Waals surface area (Å²) in [4.78, 5) is 28.8. The number of nitrogens with zero attached hydrogens (tertiary/aromatic N) is 2. The maximum absolute atomic E-state index is 11.9. The van der Waals surface area contributed by atoms with Crippen LogP contribution in [0.4, 0.5) is 0 Å². The predicted molar refractivity (Wildman–Crippen MR) is 62.0 cm³/mol. The Hall–Kier alpha value is -1.91. The van der Waals surface area contributed by atoms with Gasteiger partial charge in [0.1, 0.15) is 6.04 Å². The quantitative estimate of drug-likeness (QED) is 0.795. The summed E-state index contributed by atoms with van der Waals surface area (Å²) < 4.78 is 0. The van der Waals surface area contributed by atoms with E-state index in [-0.39, 0.29) is 18.4 Å². The van der Waals surface area contributed by atoms with Crippen LogP contribution in [-0.2, 0) is 16.1 Å². The summed E-state index contributed by atoms with van der Waals surface area (Å²) in [6, 6.07) is 1.53. The SMILES string of the molecule is Cc1cncc(CN2CC(=O)NC(C)C2=O)c1. The molecule has 1 aliphatic heterocycles. The molecule has 90 valence electrons. The van der Waals surface area contributed by atoms with Crippen molar-refractivity contribution in [1.82, 2.24) is 15.2 Å². The Balaban J connectivity index is 2.12. The number of rotatable bonds is 2. The second-order valence-corrected chi connectivity index (χ2v) is 4.35. The Bertz CT molecular complexity index is 459. The third kappa shape index (κ3) is 2.61. The Labute approximate surface area is 99.8 Å². The number of carbonyl (C=O) groups is 2. The minimum absolute atomic E-state index is 0.0499. The number of aryl methyl sites for hydroxylation is 1. The van der Waals surface area contributed by atoms with Gasteiger partial charge in [-0.15, -0.1) is 0 Å². The van der Waals surface area contributed by atoms with E-state index in [1.807, 2.05) is 13.0 Å². The minimum atomic E-state index is -0.436. The number of aromatic nitrogens is 1. The van der Waals surface area contributed by atoms with E-state index < -0.39 is 6.04 Å². The van der Waals surface area contributed by atoms with Gasteiger partial charge in [0.05, 0.1) is 6.54 Å². The van der Waals surface area contributed by atoms with Crippen molar-refractivity contribution in [3.8, 4) is 0 Å². The van der Waals surface area contributed by atoms with E-state index in [1.165, 1.54) is 0 Å². The lowest BCUT2D eigenvalue weighted by atomic mass is 10.1. The molecule has 0 radical (unpaired) electrons. The molecule has 1 fully saturated rings. The summed E-state index contributed by atoms with van der Waals surface area (Å²) in [6.07, 6.45) is 3.48. The van der Waals surface area contributed by atoms with Gasteiger partial charge < -0.3 is 10.2 Å². The Morgan fingerprint density at radius 3 is 2.94 bits per heavy atom. The highest BCUT2D eigenvalue weighted by Crippen LogP contribution is 2.09. The number of nitrogens with one attached hydrogen (secondary N) is 1. The Kier molecular flexibility index (Phi) is 3.08. The first-order valence-corrected chi connectivity index (χ1v) is 5.55. The van der Waals surface area contributed by atoms with E-state index in [1.54, 1.807) is 24.2 Å². The van der Waals surface area contributed by atoms with E-state index in [2.05, 4.69) is 10.3 Å². The first-order chi connectivity index (χ1) is 8.06. The summed E-state index contributed by atoms with van der Waals surface area (Å²) in [5, 5.41) is 2.61. The number of amides is 2. The number of hydrogen-bond acceptors (Lipinski definition) is 3. The third-order valence-electron chi connectivity index (χ3n) is 2.70. The van der Waals surface area contributed by atoms with Crippen LogP contribution in [-0.4, -0.2) is 34.3 Å². The first kappa shape index (κ1) is 11.6. The molecule has 0 bridgehead atoms. The molecule has 17 heavy (non-hydrogen) atoms. The molecule has 2 heterocycles. The van der Waals surface area contributed by atoms with Crippen LogP contribution < -0.4 is 5.32 Å². The van der Waals surface area contributed by atoms with Gasteiger partial charge in [0.15, 0.2) is 0 Å². The average molecular weight is 233 g/mol. The fraction of sp³-hybridized carbons (Fsp3) is 0.417. The van der Waals surface area contributed by atoms with Gasteiger partial charge in [0, 0.05) is 18.9 Å². The number of pyridine rings is 1. The topological polar surface area (TPSA) is 62.3 Å². The van der Waals surface area contributed by atoms with Crippen molar-refractivity contribution in [2.45, 2.75) is 26.4 Å². The van der Waals surface area contributed by atoms with Gasteiger partial charge in [-0.1, -0.05) is 6.07 Å². The van der Waals surface area contributed by atoms with Crippen molar-refractivity contribution in [2.75, 3.05) is 6.54 Å². The molecule has 2 rings (SSSR count). The third-order valence-corrected chi connectivity index (χ3v) is 2.70. The molecule has 2 amide bonds. The summed E-state index contributed by atoms with van der Waals surface area (Å²) in [5.41, 5.74) is 1.99. The standard InChI is InChI=1S/C12H15N3O2/c1-8-3-10(5-13-4-8)6-15-7-11(16)14-9(2)12(15)17/h3-5,9H,6-7H2,1-2H3,(H,14,16). The molecule has 1 aromatic heterocycles. The van der Waals surface area contributed by atoms with Crippen LogP contribution in [0.5, 0.6) is 0 Å². The van der Waals surface area contributed by atoms with Gasteiger partial charge in [-0.2, -0.15) is 0 Å². The Morgan fingerprint density at radius 2 is 2.24 bits per heavy atom. The van der Waals surface area contributed by atoms with Crippen LogP contribution in [0.2, 0.25) is 0 Å². The van der Waals surface area contributed by atoms with Crippen LogP contribution in [0.3, 0.4) is 0 Å². The zero-order valence-corrected chi connectivity index (χ0v) is 9.93. The van der Waals surface area contributed by atoms with E-state index >= 15 is 0 Å². The van der Waals surface area contributed by atoms with Gasteiger partial charge in [0.25, 0.3) is 0 Å². The predicted octanol–water partition coefficient (Wildman–Crippen LogP) is 0.237.